The molecule has 20 heavy (non-hydrogen) atoms. The van der Waals surface area contributed by atoms with E-state index < -0.39 is 0 Å². The van der Waals surface area contributed by atoms with Gasteiger partial charge in [-0.3, -0.25) is 4.79 Å². The summed E-state index contributed by atoms with van der Waals surface area (Å²) in [6.07, 6.45) is 1.98. The molecule has 3 N–H and O–H groups in total. The first-order valence-corrected chi connectivity index (χ1v) is 6.90. The van der Waals surface area contributed by atoms with Crippen LogP contribution < -0.4 is 11.1 Å². The molecule has 0 spiro atoms. The molecule has 0 bridgehead atoms. The Morgan fingerprint density at radius 2 is 2.10 bits per heavy atom. The third-order valence-corrected chi connectivity index (χ3v) is 3.65. The maximum Gasteiger partial charge on any atom is 0.255 e. The van der Waals surface area contributed by atoms with Gasteiger partial charge in [0.05, 0.1) is 5.56 Å². The molecule has 0 aliphatic carbocycles. The molecule has 1 aromatic heterocycles. The summed E-state index contributed by atoms with van der Waals surface area (Å²) in [6.45, 7) is 7.34. The lowest BCUT2D eigenvalue weighted by molar-refractivity contribution is 0.0910. The highest BCUT2D eigenvalue weighted by Gasteiger charge is 2.22. The lowest BCUT2D eigenvalue weighted by Gasteiger charge is -2.31. The van der Waals surface area contributed by atoms with E-state index >= 15 is 0 Å². The highest BCUT2D eigenvalue weighted by Crippen LogP contribution is 2.15. The summed E-state index contributed by atoms with van der Waals surface area (Å²) in [5, 5.41) is 3.10. The predicted molar refractivity (Wildman–Crippen MR) is 81.4 cm³/mol. The summed E-state index contributed by atoms with van der Waals surface area (Å²) >= 11 is 0. The summed E-state index contributed by atoms with van der Waals surface area (Å²) in [4.78, 5) is 14.5. The normalized spacial score (nSPS) is 16.8. The highest BCUT2D eigenvalue weighted by molar-refractivity contribution is 5.95. The van der Waals surface area contributed by atoms with Gasteiger partial charge < -0.3 is 20.4 Å². The van der Waals surface area contributed by atoms with Gasteiger partial charge in [0, 0.05) is 32.2 Å². The molecule has 1 amide bonds. The fraction of sp³-hybridized carbons (Fsp3) is 0.643. The molecule has 0 atom stereocenters. The summed E-state index contributed by atoms with van der Waals surface area (Å²) in [7, 11) is 0. The summed E-state index contributed by atoms with van der Waals surface area (Å²) in [6, 6.07) is 2.06. The van der Waals surface area contributed by atoms with Gasteiger partial charge in [-0.05, 0) is 32.8 Å². The Hall–Kier alpha value is -1.04. The minimum absolute atomic E-state index is 0. The maximum absolute atomic E-state index is 12.1. The number of furan rings is 1. The van der Waals surface area contributed by atoms with Crippen molar-refractivity contribution in [2.24, 2.45) is 5.73 Å². The number of likely N-dealkylation sites (tertiary alicyclic amines) is 1. The molecule has 2 heterocycles. The molecule has 0 saturated carbocycles. The third-order valence-electron chi connectivity index (χ3n) is 3.65. The lowest BCUT2D eigenvalue weighted by Crippen LogP contribution is -2.45. The van der Waals surface area contributed by atoms with E-state index in [0.29, 0.717) is 17.9 Å². The number of carbonyl (C=O) groups excluding carboxylic acids is 1. The van der Waals surface area contributed by atoms with Crippen LogP contribution in [0.25, 0.3) is 0 Å². The van der Waals surface area contributed by atoms with Crippen molar-refractivity contribution in [1.29, 1.82) is 0 Å². The number of nitrogens with zero attached hydrogens (tertiary/aromatic N) is 1. The first-order valence-electron chi connectivity index (χ1n) is 6.90. The van der Waals surface area contributed by atoms with Gasteiger partial charge in [-0.15, -0.1) is 12.4 Å². The zero-order valence-corrected chi connectivity index (χ0v) is 13.0. The molecule has 1 aliphatic rings. The summed E-state index contributed by atoms with van der Waals surface area (Å²) < 4.78 is 5.39. The molecular weight excluding hydrogens is 278 g/mol. The Labute approximate surface area is 126 Å². The fourth-order valence-corrected chi connectivity index (χ4v) is 2.60. The second kappa shape index (κ2) is 7.67. The van der Waals surface area contributed by atoms with Crippen LogP contribution in [0.3, 0.4) is 0 Å². The number of nitrogens with two attached hydrogens (primary N) is 1. The number of halogens is 1. The highest BCUT2D eigenvalue weighted by atomic mass is 35.5. The van der Waals surface area contributed by atoms with Crippen molar-refractivity contribution in [2.75, 3.05) is 26.2 Å². The Morgan fingerprint density at radius 3 is 2.60 bits per heavy atom. The van der Waals surface area contributed by atoms with Gasteiger partial charge >= 0.3 is 0 Å². The van der Waals surface area contributed by atoms with Gasteiger partial charge in [0.2, 0.25) is 0 Å². The largest absolute Gasteiger partial charge is 0.466 e. The second-order valence-corrected chi connectivity index (χ2v) is 5.20. The van der Waals surface area contributed by atoms with Crippen LogP contribution in [0.2, 0.25) is 0 Å². The number of amides is 1. The van der Waals surface area contributed by atoms with Crippen molar-refractivity contribution in [1.82, 2.24) is 10.2 Å². The lowest BCUT2D eigenvalue weighted by atomic mass is 10.0. The van der Waals surface area contributed by atoms with Crippen LogP contribution in [0, 0.1) is 13.8 Å². The molecule has 2 rings (SSSR count). The van der Waals surface area contributed by atoms with Gasteiger partial charge in [0.15, 0.2) is 0 Å². The minimum atomic E-state index is -0.0216. The monoisotopic (exact) mass is 301 g/mol. The van der Waals surface area contributed by atoms with Crippen LogP contribution in [-0.2, 0) is 0 Å². The van der Waals surface area contributed by atoms with Crippen LogP contribution in [-0.4, -0.2) is 43.0 Å². The minimum Gasteiger partial charge on any atom is -0.466 e. The molecule has 0 unspecified atom stereocenters. The van der Waals surface area contributed by atoms with Gasteiger partial charge in [-0.25, -0.2) is 0 Å². The maximum atomic E-state index is 12.1. The van der Waals surface area contributed by atoms with Gasteiger partial charge in [0.1, 0.15) is 11.5 Å². The average Bonchev–Trinajstić information content (AvgIpc) is 2.71. The Morgan fingerprint density at radius 1 is 1.45 bits per heavy atom. The number of piperidine rings is 1. The summed E-state index contributed by atoms with van der Waals surface area (Å²) in [5.74, 6) is 1.45. The van der Waals surface area contributed by atoms with Crippen molar-refractivity contribution in [3.63, 3.8) is 0 Å². The molecule has 1 fully saturated rings. The van der Waals surface area contributed by atoms with E-state index in [-0.39, 0.29) is 24.4 Å². The van der Waals surface area contributed by atoms with E-state index in [2.05, 4.69) is 10.2 Å². The van der Waals surface area contributed by atoms with E-state index in [9.17, 15) is 4.79 Å². The van der Waals surface area contributed by atoms with E-state index in [0.717, 1.165) is 38.2 Å². The quantitative estimate of drug-likeness (QED) is 0.883. The standard InChI is InChI=1S/C14H23N3O2.ClH/c1-10-9-13(11(2)19-10)14(18)16-12-3-6-17(7-4-12)8-5-15;/h9,12H,3-8,15H2,1-2H3,(H,16,18);1H. The first-order chi connectivity index (χ1) is 9.10. The van der Waals surface area contributed by atoms with Gasteiger partial charge in [-0.2, -0.15) is 0 Å². The van der Waals surface area contributed by atoms with Gasteiger partial charge in [0.25, 0.3) is 5.91 Å². The Kier molecular flexibility index (Phi) is 6.52. The van der Waals surface area contributed by atoms with Crippen molar-refractivity contribution in [3.05, 3.63) is 23.2 Å². The van der Waals surface area contributed by atoms with Crippen molar-refractivity contribution >= 4 is 18.3 Å². The zero-order valence-electron chi connectivity index (χ0n) is 12.1. The van der Waals surface area contributed by atoms with Crippen LogP contribution in [0.4, 0.5) is 0 Å². The molecule has 1 aromatic rings. The molecule has 114 valence electrons. The van der Waals surface area contributed by atoms with Crippen molar-refractivity contribution < 1.29 is 9.21 Å². The van der Waals surface area contributed by atoms with E-state index in [4.69, 9.17) is 10.2 Å². The van der Waals surface area contributed by atoms with Gasteiger partial charge in [-0.1, -0.05) is 0 Å². The Bertz CT molecular complexity index is 440. The molecule has 1 aliphatic heterocycles. The molecule has 0 radical (unpaired) electrons. The number of hydrogen-bond donors (Lipinski definition) is 2. The topological polar surface area (TPSA) is 71.5 Å². The SMILES string of the molecule is Cc1cc(C(=O)NC2CCN(CCN)CC2)c(C)o1.Cl. The van der Waals surface area contributed by atoms with E-state index in [1.165, 1.54) is 0 Å². The van der Waals surface area contributed by atoms with Crippen LogP contribution >= 0.6 is 12.4 Å². The second-order valence-electron chi connectivity index (χ2n) is 5.20. The van der Waals surface area contributed by atoms with E-state index in [1.54, 1.807) is 6.07 Å². The molecule has 6 heteroatoms. The molecular formula is C14H24ClN3O2. The molecule has 5 nitrogen and oxygen atoms in total. The summed E-state index contributed by atoms with van der Waals surface area (Å²) in [5.41, 5.74) is 6.20. The fourth-order valence-electron chi connectivity index (χ4n) is 2.60. The van der Waals surface area contributed by atoms with E-state index in [1.807, 2.05) is 13.8 Å². The third kappa shape index (κ3) is 4.23. The van der Waals surface area contributed by atoms with Crippen LogP contribution in [0.15, 0.2) is 10.5 Å². The van der Waals surface area contributed by atoms with Crippen molar-refractivity contribution in [3.8, 4) is 0 Å². The average molecular weight is 302 g/mol. The smallest absolute Gasteiger partial charge is 0.255 e. The number of carbonyl (C=O) groups is 1. The predicted octanol–water partition coefficient (Wildman–Crippen LogP) is 1.47. The van der Waals surface area contributed by atoms with Crippen LogP contribution in [0.1, 0.15) is 34.7 Å². The number of nitrogens with one attached hydrogen (secondary N) is 1. The zero-order chi connectivity index (χ0) is 13.8. The van der Waals surface area contributed by atoms with Crippen molar-refractivity contribution in [2.45, 2.75) is 32.7 Å². The van der Waals surface area contributed by atoms with Crippen LogP contribution in [0.5, 0.6) is 0 Å². The molecule has 0 aromatic carbocycles. The number of aryl methyl sites for hydroxylation is 2. The molecule has 1 saturated heterocycles. The first kappa shape index (κ1) is 17.0. The number of rotatable bonds is 4. The Balaban J connectivity index is 0.00000200. The number of hydrogen-bond acceptors (Lipinski definition) is 4.